The van der Waals surface area contributed by atoms with E-state index in [9.17, 15) is 40.2 Å². The fourth-order valence-electron chi connectivity index (χ4n) is 8.63. The maximum absolute atomic E-state index is 14.2. The van der Waals surface area contributed by atoms with Crippen LogP contribution in [0.2, 0.25) is 0 Å². The normalized spacial score (nSPS) is 35.9. The van der Waals surface area contributed by atoms with Gasteiger partial charge in [0.2, 0.25) is 0 Å². The minimum atomic E-state index is -1.75. The number of carbonyl (C=O) groups excluding carboxylic acids is 2. The Labute approximate surface area is 250 Å². The van der Waals surface area contributed by atoms with Gasteiger partial charge in [0, 0.05) is 43.6 Å². The summed E-state index contributed by atoms with van der Waals surface area (Å²) in [6.07, 6.45) is 6.01. The van der Waals surface area contributed by atoms with Crippen molar-refractivity contribution < 1.29 is 54.4 Å². The van der Waals surface area contributed by atoms with Crippen LogP contribution in [0.5, 0.6) is 23.0 Å². The number of aromatic hydroxyl groups is 4. The zero-order valence-corrected chi connectivity index (χ0v) is 23.4. The smallest absolute Gasteiger partial charge is 0.185 e. The molecule has 2 aromatic rings. The largest absolute Gasteiger partial charge is 0.504 e. The van der Waals surface area contributed by atoms with Crippen molar-refractivity contribution in [2.24, 2.45) is 5.92 Å². The van der Waals surface area contributed by atoms with Crippen LogP contribution in [0, 0.1) is 5.92 Å². The van der Waals surface area contributed by atoms with Gasteiger partial charge >= 0.3 is 0 Å². The van der Waals surface area contributed by atoms with Gasteiger partial charge < -0.3 is 44.8 Å². The lowest BCUT2D eigenvalue weighted by atomic mass is 9.49. The second-order valence-electron chi connectivity index (χ2n) is 12.6. The van der Waals surface area contributed by atoms with E-state index in [0.717, 1.165) is 0 Å². The molecule has 0 aromatic heterocycles. The van der Waals surface area contributed by atoms with E-state index >= 15 is 0 Å². The molecule has 4 aliphatic carbocycles. The number of phenolic OH excluding ortho intramolecular Hbond substituents is 4. The summed E-state index contributed by atoms with van der Waals surface area (Å²) in [5.74, 6) is -3.22. The predicted octanol–water partition coefficient (Wildman–Crippen LogP) is 1.37. The first kappa shape index (κ1) is 27.0. The molecule has 0 amide bonds. The molecule has 11 heteroatoms. The molecule has 0 saturated carbocycles. The molecule has 4 bridgehead atoms. The Morgan fingerprint density at radius 3 is 1.95 bits per heavy atom. The zero-order valence-electron chi connectivity index (χ0n) is 23.4. The molecular formula is C33H28O11. The summed E-state index contributed by atoms with van der Waals surface area (Å²) in [4.78, 5) is 26.8. The molecule has 2 fully saturated rings. The van der Waals surface area contributed by atoms with E-state index in [1.165, 1.54) is 49.6 Å². The van der Waals surface area contributed by atoms with Gasteiger partial charge in [0.1, 0.15) is 47.5 Å². The highest BCUT2D eigenvalue weighted by molar-refractivity contribution is 6.08. The lowest BCUT2D eigenvalue weighted by molar-refractivity contribution is -0.183. The molecule has 11 nitrogen and oxygen atoms in total. The summed E-state index contributed by atoms with van der Waals surface area (Å²) in [7, 11) is 1.42. The molecule has 2 aliphatic heterocycles. The average molecular weight is 601 g/mol. The van der Waals surface area contributed by atoms with Crippen LogP contribution in [0.4, 0.5) is 0 Å². The number of rotatable bonds is 2. The lowest BCUT2D eigenvalue weighted by Gasteiger charge is -2.59. The number of ether oxygens (including phenoxy) is 3. The molecule has 2 aromatic carbocycles. The summed E-state index contributed by atoms with van der Waals surface area (Å²) < 4.78 is 18.0. The molecule has 2 saturated heterocycles. The van der Waals surface area contributed by atoms with Gasteiger partial charge in [-0.05, 0) is 52.6 Å². The number of phenols is 4. The van der Waals surface area contributed by atoms with Crippen molar-refractivity contribution in [2.45, 2.75) is 41.0 Å². The van der Waals surface area contributed by atoms with Crippen molar-refractivity contribution in [3.05, 3.63) is 94.0 Å². The Morgan fingerprint density at radius 1 is 0.773 bits per heavy atom. The van der Waals surface area contributed by atoms with E-state index < -0.39 is 51.3 Å². The molecule has 6 aliphatic rings. The predicted molar refractivity (Wildman–Crippen MR) is 150 cm³/mol. The molecule has 2 heterocycles. The summed E-state index contributed by atoms with van der Waals surface area (Å²) in [6.45, 7) is -0.489. The zero-order chi connectivity index (χ0) is 31.0. The lowest BCUT2D eigenvalue weighted by Crippen LogP contribution is -2.68. The number of methoxy groups -OCH3 is 1. The molecule has 6 atom stereocenters. The van der Waals surface area contributed by atoms with Crippen LogP contribution in [0.3, 0.4) is 0 Å². The monoisotopic (exact) mass is 600 g/mol. The van der Waals surface area contributed by atoms with Gasteiger partial charge in [-0.2, -0.15) is 0 Å². The average Bonchev–Trinajstić information content (AvgIpc) is 2.96. The fraction of sp³-hybridized carbons (Fsp3) is 0.333. The van der Waals surface area contributed by atoms with Crippen LogP contribution in [0.1, 0.15) is 22.3 Å². The van der Waals surface area contributed by atoms with Gasteiger partial charge in [-0.25, -0.2) is 0 Å². The van der Waals surface area contributed by atoms with E-state index in [0.29, 0.717) is 22.3 Å². The summed E-state index contributed by atoms with van der Waals surface area (Å²) in [6, 6.07) is 5.44. The Hall–Kier alpha value is -4.58. The van der Waals surface area contributed by atoms with Crippen molar-refractivity contribution in [3.63, 3.8) is 0 Å². The van der Waals surface area contributed by atoms with Crippen molar-refractivity contribution in [3.8, 4) is 23.0 Å². The maximum Gasteiger partial charge on any atom is 0.185 e. The SMILES string of the molecule is CO[C@H]1[C@@]2(O)COC3=CC(=O)C([C@H]4[C@]5(O)COC6=CC(=O)C=C[C@@]64c4cc(O)c(O)cc4C5)=C[C@@]31c1cc(O)c(O)cc1C2. The quantitative estimate of drug-likeness (QED) is 0.274. The van der Waals surface area contributed by atoms with Gasteiger partial charge in [-0.3, -0.25) is 9.59 Å². The number of hydrogen-bond acceptors (Lipinski definition) is 11. The first-order chi connectivity index (χ1) is 20.9. The second-order valence-corrected chi connectivity index (χ2v) is 12.6. The van der Waals surface area contributed by atoms with Gasteiger partial charge in [0.05, 0.1) is 5.41 Å². The number of fused-ring (bicyclic) bond motifs is 4. The van der Waals surface area contributed by atoms with E-state index in [1.54, 1.807) is 12.2 Å². The molecule has 0 radical (unpaired) electrons. The van der Waals surface area contributed by atoms with Crippen molar-refractivity contribution in [1.82, 2.24) is 0 Å². The maximum atomic E-state index is 14.2. The third-order valence-corrected chi connectivity index (χ3v) is 10.2. The molecule has 8 rings (SSSR count). The number of hydrogen-bond donors (Lipinski definition) is 6. The highest BCUT2D eigenvalue weighted by atomic mass is 16.5. The minimum absolute atomic E-state index is 0.0276. The van der Waals surface area contributed by atoms with E-state index in [2.05, 4.69) is 0 Å². The van der Waals surface area contributed by atoms with Crippen LogP contribution in [0.15, 0.2) is 71.7 Å². The second kappa shape index (κ2) is 8.32. The van der Waals surface area contributed by atoms with Crippen molar-refractivity contribution in [1.29, 1.82) is 0 Å². The number of ketones is 2. The van der Waals surface area contributed by atoms with Crippen LogP contribution in [-0.4, -0.2) is 79.8 Å². The Morgan fingerprint density at radius 2 is 1.32 bits per heavy atom. The van der Waals surface area contributed by atoms with Crippen LogP contribution >= 0.6 is 0 Å². The third-order valence-electron chi connectivity index (χ3n) is 10.2. The van der Waals surface area contributed by atoms with E-state index in [4.69, 9.17) is 14.2 Å². The first-order valence-electron chi connectivity index (χ1n) is 14.1. The number of carbonyl (C=O) groups is 2. The van der Waals surface area contributed by atoms with E-state index in [-0.39, 0.29) is 60.4 Å². The molecule has 2 spiro atoms. The number of benzene rings is 2. The highest BCUT2D eigenvalue weighted by Gasteiger charge is 2.67. The van der Waals surface area contributed by atoms with Gasteiger partial charge in [-0.15, -0.1) is 0 Å². The topological polar surface area (TPSA) is 183 Å². The molecule has 0 unspecified atom stereocenters. The first-order valence-corrected chi connectivity index (χ1v) is 14.1. The van der Waals surface area contributed by atoms with Crippen molar-refractivity contribution >= 4 is 11.6 Å². The van der Waals surface area contributed by atoms with Gasteiger partial charge in [0.15, 0.2) is 34.6 Å². The summed E-state index contributed by atoms with van der Waals surface area (Å²) in [5, 5.41) is 66.2. The number of allylic oxidation sites excluding steroid dienone is 4. The standard InChI is InChI=1S/C33H28O11/c1-42-29-31(41)11-16-5-23(37)25(39)8-20(16)33(29)12-18(21(35)9-27(33)44-14-31)28-30(40)10-15-4-22(36)24(38)7-19(15)32(28)3-2-17(34)6-26(32)43-13-30/h2-9,12,28-29,36-41H,10-11,13-14H2,1H3/t28-,29-,30+,31-,32+,33+/m0/s1. The third kappa shape index (κ3) is 3.11. The molecular weight excluding hydrogens is 572 g/mol. The van der Waals surface area contributed by atoms with Crippen LogP contribution in [0.25, 0.3) is 0 Å². The van der Waals surface area contributed by atoms with Crippen LogP contribution < -0.4 is 0 Å². The number of aliphatic hydroxyl groups is 2. The van der Waals surface area contributed by atoms with Gasteiger partial charge in [0.25, 0.3) is 0 Å². The van der Waals surface area contributed by atoms with Gasteiger partial charge in [-0.1, -0.05) is 12.2 Å². The molecule has 6 N–H and O–H groups in total. The summed E-state index contributed by atoms with van der Waals surface area (Å²) in [5.41, 5.74) is -4.27. The Bertz CT molecular complexity index is 1850. The van der Waals surface area contributed by atoms with E-state index in [1.807, 2.05) is 0 Å². The highest BCUT2D eigenvalue weighted by Crippen LogP contribution is 2.62. The Balaban J connectivity index is 1.45. The molecule has 44 heavy (non-hydrogen) atoms. The molecule has 226 valence electrons. The minimum Gasteiger partial charge on any atom is -0.504 e. The Kier molecular flexibility index (Phi) is 5.11. The fourth-order valence-corrected chi connectivity index (χ4v) is 8.63. The van der Waals surface area contributed by atoms with Crippen LogP contribution in [-0.2, 0) is 47.5 Å². The summed E-state index contributed by atoms with van der Waals surface area (Å²) >= 11 is 0. The van der Waals surface area contributed by atoms with Crippen molar-refractivity contribution in [2.75, 3.05) is 20.3 Å².